The molecule has 0 bridgehead atoms. The normalized spacial score (nSPS) is 16.1. The highest BCUT2D eigenvalue weighted by molar-refractivity contribution is 6.72. The minimum absolute atomic E-state index is 0.271. The molecule has 0 fully saturated rings. The molecule has 8 heavy (non-hydrogen) atoms. The van der Waals surface area contributed by atoms with Gasteiger partial charge in [0.1, 0.15) is 0 Å². The van der Waals surface area contributed by atoms with E-state index in [9.17, 15) is 0 Å². The highest BCUT2D eigenvalue weighted by atomic mass is 28.4. The summed E-state index contributed by atoms with van der Waals surface area (Å²) in [6.45, 7) is 5.74. The van der Waals surface area contributed by atoms with Gasteiger partial charge in [-0.3, -0.25) is 0 Å². The van der Waals surface area contributed by atoms with Crippen LogP contribution in [-0.4, -0.2) is 26.3 Å². The molecule has 1 atom stereocenters. The first-order valence-corrected chi connectivity index (χ1v) is 5.72. The zero-order valence-electron chi connectivity index (χ0n) is 5.93. The molecule has 1 N–H and O–H groups in total. The average molecular weight is 134 g/mol. The van der Waals surface area contributed by atoms with Gasteiger partial charge in [-0.2, -0.15) is 0 Å². The lowest BCUT2D eigenvalue weighted by Gasteiger charge is -2.22. The summed E-state index contributed by atoms with van der Waals surface area (Å²) in [5.74, 6) is 0. The van der Waals surface area contributed by atoms with Crippen molar-refractivity contribution in [3.8, 4) is 0 Å². The maximum atomic E-state index is 9.02. The van der Waals surface area contributed by atoms with Crippen molar-refractivity contribution in [2.45, 2.75) is 25.7 Å². The Balaban J connectivity index is 3.71. The van der Waals surface area contributed by atoms with Gasteiger partial charge in [0.05, 0.1) is 5.73 Å². The highest BCUT2D eigenvalue weighted by Crippen LogP contribution is 2.06. The standard InChI is InChI=1S/C5H14O2Si/c1-5(6)8(3,4)7-2/h5-6H,1-4H3. The van der Waals surface area contributed by atoms with E-state index in [-0.39, 0.29) is 5.73 Å². The van der Waals surface area contributed by atoms with Crippen molar-refractivity contribution in [3.05, 3.63) is 0 Å². The molecular formula is C5H14O2Si. The molecule has 1 unspecified atom stereocenters. The predicted octanol–water partition coefficient (Wildman–Crippen LogP) is 0.758. The van der Waals surface area contributed by atoms with Crippen LogP contribution in [-0.2, 0) is 4.43 Å². The van der Waals surface area contributed by atoms with Gasteiger partial charge in [0.2, 0.25) is 8.32 Å². The van der Waals surface area contributed by atoms with Gasteiger partial charge in [-0.25, -0.2) is 0 Å². The van der Waals surface area contributed by atoms with E-state index >= 15 is 0 Å². The van der Waals surface area contributed by atoms with E-state index in [4.69, 9.17) is 9.53 Å². The van der Waals surface area contributed by atoms with E-state index in [1.807, 2.05) is 13.1 Å². The van der Waals surface area contributed by atoms with E-state index in [2.05, 4.69) is 0 Å². The Morgan fingerprint density at radius 1 is 1.50 bits per heavy atom. The van der Waals surface area contributed by atoms with Crippen LogP contribution < -0.4 is 0 Å². The van der Waals surface area contributed by atoms with Crippen LogP contribution in [0.2, 0.25) is 13.1 Å². The molecule has 0 aromatic heterocycles. The Hall–Kier alpha value is 0.137. The summed E-state index contributed by atoms with van der Waals surface area (Å²) in [7, 11) is -0.0473. The van der Waals surface area contributed by atoms with Gasteiger partial charge in [-0.05, 0) is 20.0 Å². The minimum atomic E-state index is -1.70. The first-order chi connectivity index (χ1) is 3.50. The fourth-order valence-corrected chi connectivity index (χ4v) is 0.512. The number of hydrogen-bond donors (Lipinski definition) is 1. The molecule has 0 aromatic carbocycles. The molecule has 0 aromatic rings. The molecule has 0 amide bonds. The van der Waals surface area contributed by atoms with Crippen LogP contribution >= 0.6 is 0 Å². The average Bonchev–Trinajstić information content (AvgIpc) is 1.67. The monoisotopic (exact) mass is 134 g/mol. The lowest BCUT2D eigenvalue weighted by molar-refractivity contribution is 0.227. The fourth-order valence-electron chi connectivity index (χ4n) is 0.171. The Kier molecular flexibility index (Phi) is 2.66. The van der Waals surface area contributed by atoms with Crippen LogP contribution in [0.3, 0.4) is 0 Å². The molecule has 3 heteroatoms. The van der Waals surface area contributed by atoms with Crippen LogP contribution in [0.4, 0.5) is 0 Å². The van der Waals surface area contributed by atoms with Gasteiger partial charge in [-0.1, -0.05) is 0 Å². The third-order valence-electron chi connectivity index (χ3n) is 1.53. The Morgan fingerprint density at radius 3 is 1.88 bits per heavy atom. The number of aliphatic hydroxyl groups is 1. The van der Waals surface area contributed by atoms with Crippen LogP contribution in [0.25, 0.3) is 0 Å². The van der Waals surface area contributed by atoms with Gasteiger partial charge in [0.15, 0.2) is 0 Å². The van der Waals surface area contributed by atoms with Crippen LogP contribution in [0, 0.1) is 0 Å². The summed E-state index contributed by atoms with van der Waals surface area (Å²) < 4.78 is 5.09. The first-order valence-electron chi connectivity index (χ1n) is 2.74. The molecular weight excluding hydrogens is 120 g/mol. The van der Waals surface area contributed by atoms with Crippen molar-refractivity contribution >= 4 is 8.32 Å². The Morgan fingerprint density at radius 2 is 1.88 bits per heavy atom. The Labute approximate surface area is 51.6 Å². The smallest absolute Gasteiger partial charge is 0.213 e. The van der Waals surface area contributed by atoms with Crippen LogP contribution in [0.1, 0.15) is 6.92 Å². The molecule has 0 saturated heterocycles. The van der Waals surface area contributed by atoms with E-state index in [0.717, 1.165) is 0 Å². The first kappa shape index (κ1) is 8.14. The molecule has 0 saturated carbocycles. The molecule has 0 heterocycles. The third kappa shape index (κ3) is 1.94. The van der Waals surface area contributed by atoms with Crippen molar-refractivity contribution in [1.82, 2.24) is 0 Å². The zero-order valence-corrected chi connectivity index (χ0v) is 6.93. The molecule has 0 aliphatic carbocycles. The maximum Gasteiger partial charge on any atom is 0.213 e. The van der Waals surface area contributed by atoms with Crippen molar-refractivity contribution in [3.63, 3.8) is 0 Å². The van der Waals surface area contributed by atoms with Gasteiger partial charge in [0.25, 0.3) is 0 Å². The van der Waals surface area contributed by atoms with E-state index < -0.39 is 8.32 Å². The number of rotatable bonds is 2. The van der Waals surface area contributed by atoms with Crippen LogP contribution in [0.5, 0.6) is 0 Å². The lowest BCUT2D eigenvalue weighted by Crippen LogP contribution is -2.41. The maximum absolute atomic E-state index is 9.02. The van der Waals surface area contributed by atoms with Crippen LogP contribution in [0.15, 0.2) is 0 Å². The summed E-state index contributed by atoms with van der Waals surface area (Å²) in [5, 5.41) is 9.02. The number of hydrogen-bond acceptors (Lipinski definition) is 2. The second-order valence-electron chi connectivity index (χ2n) is 2.48. The SMILES string of the molecule is CO[Si](C)(C)C(C)O. The topological polar surface area (TPSA) is 29.5 Å². The van der Waals surface area contributed by atoms with Crippen molar-refractivity contribution in [2.24, 2.45) is 0 Å². The van der Waals surface area contributed by atoms with E-state index in [1.165, 1.54) is 0 Å². The molecule has 2 nitrogen and oxygen atoms in total. The summed E-state index contributed by atoms with van der Waals surface area (Å²) in [6.07, 6.45) is 0. The Bertz CT molecular complexity index is 70.8. The predicted molar refractivity (Wildman–Crippen MR) is 36.2 cm³/mol. The summed E-state index contributed by atoms with van der Waals surface area (Å²) in [5.41, 5.74) is -0.271. The molecule has 0 radical (unpaired) electrons. The second-order valence-corrected chi connectivity index (χ2v) is 6.93. The second kappa shape index (κ2) is 2.62. The van der Waals surface area contributed by atoms with Crippen molar-refractivity contribution in [2.75, 3.05) is 7.11 Å². The third-order valence-corrected chi connectivity index (χ3v) is 4.60. The van der Waals surface area contributed by atoms with Crippen molar-refractivity contribution < 1.29 is 9.53 Å². The fraction of sp³-hybridized carbons (Fsp3) is 1.00. The van der Waals surface area contributed by atoms with E-state index in [1.54, 1.807) is 14.0 Å². The molecule has 50 valence electrons. The van der Waals surface area contributed by atoms with Gasteiger partial charge < -0.3 is 9.53 Å². The number of aliphatic hydroxyl groups excluding tert-OH is 1. The zero-order chi connectivity index (χ0) is 6.78. The van der Waals surface area contributed by atoms with Gasteiger partial charge in [-0.15, -0.1) is 0 Å². The van der Waals surface area contributed by atoms with Gasteiger partial charge >= 0.3 is 0 Å². The highest BCUT2D eigenvalue weighted by Gasteiger charge is 2.26. The quantitative estimate of drug-likeness (QED) is 0.565. The van der Waals surface area contributed by atoms with Gasteiger partial charge in [0, 0.05) is 7.11 Å². The summed E-state index contributed by atoms with van der Waals surface area (Å²) >= 11 is 0. The lowest BCUT2D eigenvalue weighted by atomic mass is 10.9. The van der Waals surface area contributed by atoms with E-state index in [0.29, 0.717) is 0 Å². The minimum Gasteiger partial charge on any atom is -0.418 e. The molecule has 0 spiro atoms. The summed E-state index contributed by atoms with van der Waals surface area (Å²) in [4.78, 5) is 0. The molecule has 0 aliphatic rings. The summed E-state index contributed by atoms with van der Waals surface area (Å²) in [6, 6.07) is 0. The largest absolute Gasteiger partial charge is 0.418 e. The molecule has 0 rings (SSSR count). The van der Waals surface area contributed by atoms with Crippen molar-refractivity contribution in [1.29, 1.82) is 0 Å². The molecule has 0 aliphatic heterocycles.